The Labute approximate surface area is 143 Å². The average Bonchev–Trinajstić information content (AvgIpc) is 2.42. The van der Waals surface area contributed by atoms with Gasteiger partial charge in [0, 0.05) is 0 Å². The van der Waals surface area contributed by atoms with Crippen LogP contribution in [0.1, 0.15) is 61.8 Å². The molecule has 3 atom stereocenters. The van der Waals surface area contributed by atoms with Gasteiger partial charge in [0.05, 0.1) is 18.8 Å². The van der Waals surface area contributed by atoms with Gasteiger partial charge in [-0.1, -0.05) is 41.5 Å². The molecule has 0 aromatic rings. The highest BCUT2D eigenvalue weighted by atomic mass is 28.4. The third kappa shape index (κ3) is 3.84. The summed E-state index contributed by atoms with van der Waals surface area (Å²) >= 11 is 0. The first-order chi connectivity index (χ1) is 10.6. The normalized spacial score (nSPS) is 31.7. The molecule has 0 saturated carbocycles. The summed E-state index contributed by atoms with van der Waals surface area (Å²) in [6.07, 6.45) is 1.30. The number of fused-ring (bicyclic) bond motifs is 1. The van der Waals surface area contributed by atoms with Gasteiger partial charge in [-0.3, -0.25) is 0 Å². The van der Waals surface area contributed by atoms with E-state index in [1.54, 1.807) is 0 Å². The molecular formula is C18H37NO3Si. The van der Waals surface area contributed by atoms with Gasteiger partial charge in [-0.2, -0.15) is 0 Å². The van der Waals surface area contributed by atoms with Gasteiger partial charge in [0.25, 0.3) is 0 Å². The molecule has 2 aliphatic heterocycles. The number of rotatable bonds is 5. The molecule has 1 N–H and O–H groups in total. The van der Waals surface area contributed by atoms with Crippen LogP contribution in [0.2, 0.25) is 16.6 Å². The maximum Gasteiger partial charge on any atom is 0.200 e. The van der Waals surface area contributed by atoms with Crippen LogP contribution < -0.4 is 5.32 Å². The van der Waals surface area contributed by atoms with E-state index in [1.807, 2.05) is 13.8 Å². The largest absolute Gasteiger partial charge is 0.410 e. The number of hydrogen-bond donors (Lipinski definition) is 1. The molecule has 0 amide bonds. The van der Waals surface area contributed by atoms with Crippen LogP contribution in [0, 0.1) is 0 Å². The zero-order valence-corrected chi connectivity index (χ0v) is 17.3. The summed E-state index contributed by atoms with van der Waals surface area (Å²) in [6.45, 7) is 19.8. The first-order valence-corrected chi connectivity index (χ1v) is 11.5. The fourth-order valence-corrected chi connectivity index (χ4v) is 10.3. The Bertz CT molecular complexity index is 376. The molecule has 0 bridgehead atoms. The maximum atomic E-state index is 7.04. The Morgan fingerprint density at radius 1 is 1.04 bits per heavy atom. The predicted octanol–water partition coefficient (Wildman–Crippen LogP) is 4.06. The lowest BCUT2D eigenvalue weighted by atomic mass is 9.97. The van der Waals surface area contributed by atoms with E-state index in [4.69, 9.17) is 13.9 Å². The average molecular weight is 344 g/mol. The Kier molecular flexibility index (Phi) is 6.00. The minimum atomic E-state index is -1.89. The Morgan fingerprint density at radius 3 is 2.13 bits per heavy atom. The molecule has 4 nitrogen and oxygen atoms in total. The van der Waals surface area contributed by atoms with Crippen molar-refractivity contribution in [2.24, 2.45) is 0 Å². The van der Waals surface area contributed by atoms with Crippen LogP contribution >= 0.6 is 0 Å². The smallest absolute Gasteiger partial charge is 0.200 e. The Morgan fingerprint density at radius 2 is 1.61 bits per heavy atom. The number of nitrogens with one attached hydrogen (secondary N) is 1. The van der Waals surface area contributed by atoms with Crippen molar-refractivity contribution in [1.29, 1.82) is 0 Å². The molecule has 23 heavy (non-hydrogen) atoms. The highest BCUT2D eigenvalue weighted by Crippen LogP contribution is 2.44. The van der Waals surface area contributed by atoms with E-state index in [-0.39, 0.29) is 18.2 Å². The predicted molar refractivity (Wildman–Crippen MR) is 97.2 cm³/mol. The van der Waals surface area contributed by atoms with Crippen LogP contribution in [-0.2, 0) is 13.9 Å². The minimum Gasteiger partial charge on any atom is -0.410 e. The van der Waals surface area contributed by atoms with Crippen LogP contribution in [0.3, 0.4) is 0 Å². The molecule has 136 valence electrons. The number of ether oxygens (including phenoxy) is 2. The molecule has 0 spiro atoms. The van der Waals surface area contributed by atoms with Crippen LogP contribution in [0.4, 0.5) is 0 Å². The summed E-state index contributed by atoms with van der Waals surface area (Å²) in [5, 5.41) is 3.55. The van der Waals surface area contributed by atoms with Crippen LogP contribution in [0.5, 0.6) is 0 Å². The van der Waals surface area contributed by atoms with Gasteiger partial charge in [0.15, 0.2) is 5.79 Å². The SMILES string of the molecule is CC(C)[Si](O[C@@H]1CCN[C@H]2COC(C)(C)O[C@H]21)(C(C)C)C(C)C. The van der Waals surface area contributed by atoms with Crippen molar-refractivity contribution in [2.75, 3.05) is 13.2 Å². The standard InChI is InChI=1S/C18H37NO3Si/c1-12(2)23(13(3)4,14(5)6)22-16-9-10-19-15-11-20-18(7,8)21-17(15)16/h12-17,19H,9-11H2,1-8H3/t15-,16+,17+/m0/s1. The van der Waals surface area contributed by atoms with Crippen LogP contribution in [0.25, 0.3) is 0 Å². The van der Waals surface area contributed by atoms with Crippen molar-refractivity contribution in [3.63, 3.8) is 0 Å². The van der Waals surface area contributed by atoms with Gasteiger partial charge in [0.2, 0.25) is 8.32 Å². The van der Waals surface area contributed by atoms with Crippen molar-refractivity contribution in [3.8, 4) is 0 Å². The zero-order chi connectivity index (χ0) is 17.4. The highest BCUT2D eigenvalue weighted by molar-refractivity contribution is 6.77. The molecule has 2 aliphatic rings. The Hall–Kier alpha value is 0.0569. The fourth-order valence-electron chi connectivity index (χ4n) is 4.71. The van der Waals surface area contributed by atoms with Gasteiger partial charge >= 0.3 is 0 Å². The van der Waals surface area contributed by atoms with E-state index in [0.717, 1.165) is 13.0 Å². The summed E-state index contributed by atoms with van der Waals surface area (Å²) in [6, 6.07) is 0.250. The van der Waals surface area contributed by atoms with Crippen LogP contribution in [0.15, 0.2) is 0 Å². The lowest BCUT2D eigenvalue weighted by molar-refractivity contribution is -0.301. The molecule has 2 fully saturated rings. The van der Waals surface area contributed by atoms with Crippen molar-refractivity contribution < 1.29 is 13.9 Å². The fraction of sp³-hybridized carbons (Fsp3) is 1.00. The summed E-state index contributed by atoms with van der Waals surface area (Å²) < 4.78 is 19.2. The lowest BCUT2D eigenvalue weighted by Crippen LogP contribution is -2.65. The molecule has 2 heterocycles. The number of hydrogen-bond acceptors (Lipinski definition) is 4. The molecular weight excluding hydrogens is 306 g/mol. The van der Waals surface area contributed by atoms with Crippen molar-refractivity contribution >= 4 is 8.32 Å². The Balaban J connectivity index is 2.24. The molecule has 2 rings (SSSR count). The highest BCUT2D eigenvalue weighted by Gasteiger charge is 2.51. The first-order valence-electron chi connectivity index (χ1n) is 9.33. The second kappa shape index (κ2) is 7.12. The molecule has 0 unspecified atom stereocenters. The maximum absolute atomic E-state index is 7.04. The quantitative estimate of drug-likeness (QED) is 0.764. The van der Waals surface area contributed by atoms with Crippen molar-refractivity contribution in [2.45, 2.75) is 102 Å². The lowest BCUT2D eigenvalue weighted by Gasteiger charge is -2.51. The van der Waals surface area contributed by atoms with E-state index >= 15 is 0 Å². The van der Waals surface area contributed by atoms with E-state index in [9.17, 15) is 0 Å². The summed E-state index contributed by atoms with van der Waals surface area (Å²) in [4.78, 5) is 0. The van der Waals surface area contributed by atoms with E-state index in [0.29, 0.717) is 23.2 Å². The summed E-state index contributed by atoms with van der Waals surface area (Å²) in [5.74, 6) is -0.514. The van der Waals surface area contributed by atoms with Gasteiger partial charge < -0.3 is 19.2 Å². The second-order valence-corrected chi connectivity index (χ2v) is 14.0. The summed E-state index contributed by atoms with van der Waals surface area (Å²) in [7, 11) is -1.89. The van der Waals surface area contributed by atoms with Gasteiger partial charge in [0.1, 0.15) is 6.10 Å². The van der Waals surface area contributed by atoms with Gasteiger partial charge in [-0.25, -0.2) is 0 Å². The first kappa shape index (κ1) is 19.4. The zero-order valence-electron chi connectivity index (χ0n) is 16.3. The minimum absolute atomic E-state index is 0.0932. The van der Waals surface area contributed by atoms with E-state index in [1.165, 1.54) is 0 Å². The molecule has 0 radical (unpaired) electrons. The molecule has 2 saturated heterocycles. The number of piperidine rings is 1. The molecule has 5 heteroatoms. The van der Waals surface area contributed by atoms with Gasteiger partial charge in [-0.15, -0.1) is 0 Å². The second-order valence-electron chi connectivity index (χ2n) is 8.62. The van der Waals surface area contributed by atoms with Gasteiger partial charge in [-0.05, 0) is 43.4 Å². The van der Waals surface area contributed by atoms with E-state index in [2.05, 4.69) is 46.9 Å². The molecule has 0 aromatic carbocycles. The monoisotopic (exact) mass is 343 g/mol. The van der Waals surface area contributed by atoms with Crippen LogP contribution in [-0.4, -0.2) is 45.5 Å². The van der Waals surface area contributed by atoms with E-state index < -0.39 is 14.1 Å². The third-order valence-corrected chi connectivity index (χ3v) is 11.8. The summed E-state index contributed by atoms with van der Waals surface area (Å²) in [5.41, 5.74) is 1.80. The topological polar surface area (TPSA) is 39.7 Å². The van der Waals surface area contributed by atoms with Crippen molar-refractivity contribution in [3.05, 3.63) is 0 Å². The molecule has 0 aliphatic carbocycles. The van der Waals surface area contributed by atoms with Crippen molar-refractivity contribution in [1.82, 2.24) is 5.32 Å². The third-order valence-electron chi connectivity index (χ3n) is 5.69. The molecule has 0 aromatic heterocycles.